The van der Waals surface area contributed by atoms with Crippen LogP contribution in [0.25, 0.3) is 0 Å². The van der Waals surface area contributed by atoms with E-state index in [4.69, 9.17) is 0 Å². The van der Waals surface area contributed by atoms with Crippen molar-refractivity contribution in [1.82, 2.24) is 5.32 Å². The van der Waals surface area contributed by atoms with Crippen molar-refractivity contribution in [2.24, 2.45) is 11.8 Å². The zero-order chi connectivity index (χ0) is 15.4. The summed E-state index contributed by atoms with van der Waals surface area (Å²) in [6.07, 6.45) is 12.5. The Hall–Kier alpha value is -1.31. The molecule has 0 aromatic rings. The summed E-state index contributed by atoms with van der Waals surface area (Å²) in [5.74, 6) is 1.46. The number of hydrogen-bond donors (Lipinski definition) is 1. The lowest BCUT2D eigenvalue weighted by molar-refractivity contribution is -0.116. The maximum absolute atomic E-state index is 11.4. The number of carbonyl (C=O) groups excluding carboxylic acids is 1. The van der Waals surface area contributed by atoms with Gasteiger partial charge in [-0.05, 0) is 30.8 Å². The van der Waals surface area contributed by atoms with Crippen molar-refractivity contribution in [2.75, 3.05) is 6.54 Å². The molecule has 0 aliphatic carbocycles. The van der Waals surface area contributed by atoms with Gasteiger partial charge in [0.1, 0.15) is 0 Å². The van der Waals surface area contributed by atoms with Crippen molar-refractivity contribution in [1.29, 1.82) is 0 Å². The fourth-order valence-corrected chi connectivity index (χ4v) is 1.96. The molecule has 2 nitrogen and oxygen atoms in total. The molecule has 0 saturated carbocycles. The van der Waals surface area contributed by atoms with Crippen molar-refractivity contribution >= 4 is 5.91 Å². The number of amides is 1. The fourth-order valence-electron chi connectivity index (χ4n) is 1.96. The van der Waals surface area contributed by atoms with E-state index in [9.17, 15) is 4.79 Å². The van der Waals surface area contributed by atoms with Gasteiger partial charge in [0, 0.05) is 12.6 Å². The van der Waals surface area contributed by atoms with E-state index in [1.54, 1.807) is 12.2 Å². The molecule has 0 aromatic heterocycles. The molecule has 2 heteroatoms. The zero-order valence-corrected chi connectivity index (χ0v) is 13.6. The first kappa shape index (κ1) is 18.7. The third kappa shape index (κ3) is 11.8. The Bertz CT molecular complexity index is 339. The van der Waals surface area contributed by atoms with Crippen molar-refractivity contribution in [3.8, 4) is 0 Å². The Balaban J connectivity index is 3.94. The molecule has 0 bridgehead atoms. The highest BCUT2D eigenvalue weighted by atomic mass is 16.1. The van der Waals surface area contributed by atoms with Gasteiger partial charge in [-0.3, -0.25) is 4.79 Å². The van der Waals surface area contributed by atoms with Crippen LogP contribution < -0.4 is 5.32 Å². The number of nitrogens with one attached hydrogen (secondary N) is 1. The predicted molar refractivity (Wildman–Crippen MR) is 88.6 cm³/mol. The Morgan fingerprint density at radius 3 is 2.55 bits per heavy atom. The average Bonchev–Trinajstić information content (AvgIpc) is 2.35. The van der Waals surface area contributed by atoms with Crippen LogP contribution in [0.3, 0.4) is 0 Å². The molecule has 0 spiro atoms. The quantitative estimate of drug-likeness (QED) is 0.352. The molecule has 0 rings (SSSR count). The molecule has 1 atom stereocenters. The van der Waals surface area contributed by atoms with Crippen LogP contribution in [0, 0.1) is 11.8 Å². The van der Waals surface area contributed by atoms with Crippen LogP contribution in [-0.4, -0.2) is 12.5 Å². The number of hydrogen-bond acceptors (Lipinski definition) is 1. The molecule has 1 unspecified atom stereocenters. The first-order valence-corrected chi connectivity index (χ1v) is 7.69. The van der Waals surface area contributed by atoms with Crippen LogP contribution in [-0.2, 0) is 4.79 Å². The third-order valence-electron chi connectivity index (χ3n) is 3.18. The van der Waals surface area contributed by atoms with Gasteiger partial charge < -0.3 is 5.32 Å². The standard InChI is InChI=1S/C18H31NO/c1-6-13-19-18(20)14-17(5)12-8-11-16(4)10-7-9-15(2)3/h6,8,12,14-16H,1,7,9-11,13H2,2-5H3,(H,19,20)/b12-8+,17-14+. The second kappa shape index (κ2) is 11.5. The van der Waals surface area contributed by atoms with Gasteiger partial charge >= 0.3 is 0 Å². The van der Waals surface area contributed by atoms with Gasteiger partial charge in [-0.2, -0.15) is 0 Å². The van der Waals surface area contributed by atoms with Crippen LogP contribution in [0.5, 0.6) is 0 Å². The van der Waals surface area contributed by atoms with Crippen LogP contribution >= 0.6 is 0 Å². The molecule has 114 valence electrons. The maximum atomic E-state index is 11.4. The monoisotopic (exact) mass is 277 g/mol. The summed E-state index contributed by atoms with van der Waals surface area (Å²) in [6.45, 7) is 12.9. The van der Waals surface area contributed by atoms with Crippen molar-refractivity contribution in [2.45, 2.75) is 53.4 Å². The Morgan fingerprint density at radius 1 is 1.25 bits per heavy atom. The van der Waals surface area contributed by atoms with Gasteiger partial charge in [-0.1, -0.05) is 58.3 Å². The molecule has 20 heavy (non-hydrogen) atoms. The maximum Gasteiger partial charge on any atom is 0.244 e. The normalized spacial score (nSPS) is 13.8. The van der Waals surface area contributed by atoms with Gasteiger partial charge in [0.2, 0.25) is 5.91 Å². The Morgan fingerprint density at radius 2 is 1.95 bits per heavy atom. The van der Waals surface area contributed by atoms with E-state index >= 15 is 0 Å². The molecule has 0 heterocycles. The number of carbonyl (C=O) groups is 1. The van der Waals surface area contributed by atoms with Crippen molar-refractivity contribution in [3.05, 3.63) is 36.5 Å². The van der Waals surface area contributed by atoms with Crippen molar-refractivity contribution in [3.63, 3.8) is 0 Å². The zero-order valence-electron chi connectivity index (χ0n) is 13.6. The lowest BCUT2D eigenvalue weighted by atomic mass is 9.97. The van der Waals surface area contributed by atoms with E-state index in [0.717, 1.165) is 17.9 Å². The molecular weight excluding hydrogens is 246 g/mol. The largest absolute Gasteiger partial charge is 0.349 e. The number of rotatable bonds is 10. The van der Waals surface area contributed by atoms with Crippen LogP contribution in [0.15, 0.2) is 36.5 Å². The summed E-state index contributed by atoms with van der Waals surface area (Å²) >= 11 is 0. The van der Waals surface area contributed by atoms with E-state index in [2.05, 4.69) is 38.7 Å². The predicted octanol–water partition coefficient (Wildman–Crippen LogP) is 4.64. The highest BCUT2D eigenvalue weighted by molar-refractivity contribution is 5.88. The lowest BCUT2D eigenvalue weighted by Crippen LogP contribution is -2.20. The second-order valence-corrected chi connectivity index (χ2v) is 5.99. The summed E-state index contributed by atoms with van der Waals surface area (Å²) < 4.78 is 0. The van der Waals surface area contributed by atoms with Crippen LogP contribution in [0.4, 0.5) is 0 Å². The highest BCUT2D eigenvalue weighted by Crippen LogP contribution is 2.15. The molecular formula is C18H31NO. The van der Waals surface area contributed by atoms with Gasteiger partial charge in [0.25, 0.3) is 0 Å². The van der Waals surface area contributed by atoms with Gasteiger partial charge in [-0.25, -0.2) is 0 Å². The third-order valence-corrected chi connectivity index (χ3v) is 3.18. The Kier molecular flexibility index (Phi) is 10.8. The minimum atomic E-state index is -0.0583. The van der Waals surface area contributed by atoms with Gasteiger partial charge in [-0.15, -0.1) is 6.58 Å². The topological polar surface area (TPSA) is 29.1 Å². The average molecular weight is 277 g/mol. The van der Waals surface area contributed by atoms with E-state index in [1.807, 2.05) is 13.0 Å². The van der Waals surface area contributed by atoms with E-state index < -0.39 is 0 Å². The van der Waals surface area contributed by atoms with Gasteiger partial charge in [0.15, 0.2) is 0 Å². The molecule has 1 N–H and O–H groups in total. The molecule has 0 aliphatic rings. The molecule has 1 amide bonds. The summed E-state index contributed by atoms with van der Waals surface area (Å²) in [7, 11) is 0. The number of allylic oxidation sites excluding steroid dienone is 3. The molecule has 0 aliphatic heterocycles. The smallest absolute Gasteiger partial charge is 0.244 e. The van der Waals surface area contributed by atoms with Crippen LogP contribution in [0.1, 0.15) is 53.4 Å². The first-order valence-electron chi connectivity index (χ1n) is 7.69. The lowest BCUT2D eigenvalue weighted by Gasteiger charge is -2.09. The van der Waals surface area contributed by atoms with Crippen LogP contribution in [0.2, 0.25) is 0 Å². The molecule has 0 aromatic carbocycles. The SMILES string of the molecule is C=CCNC(=O)/C=C(C)/C=C/CC(C)CCCC(C)C. The molecule has 0 radical (unpaired) electrons. The fraction of sp³-hybridized carbons (Fsp3) is 0.611. The Labute approximate surface area is 125 Å². The first-order chi connectivity index (χ1) is 9.45. The minimum Gasteiger partial charge on any atom is -0.349 e. The van der Waals surface area contributed by atoms with E-state index in [1.165, 1.54) is 19.3 Å². The van der Waals surface area contributed by atoms with Crippen molar-refractivity contribution < 1.29 is 4.79 Å². The van der Waals surface area contributed by atoms with E-state index in [-0.39, 0.29) is 5.91 Å². The second-order valence-electron chi connectivity index (χ2n) is 5.99. The summed E-state index contributed by atoms with van der Waals surface area (Å²) in [5.41, 5.74) is 0.987. The summed E-state index contributed by atoms with van der Waals surface area (Å²) in [4.78, 5) is 11.4. The van der Waals surface area contributed by atoms with Gasteiger partial charge in [0.05, 0.1) is 0 Å². The summed E-state index contributed by atoms with van der Waals surface area (Å²) in [6, 6.07) is 0. The molecule has 0 saturated heterocycles. The summed E-state index contributed by atoms with van der Waals surface area (Å²) in [5, 5.41) is 2.73. The minimum absolute atomic E-state index is 0.0583. The highest BCUT2D eigenvalue weighted by Gasteiger charge is 2.01. The van der Waals surface area contributed by atoms with E-state index in [0.29, 0.717) is 12.5 Å². The molecule has 0 fully saturated rings.